The summed E-state index contributed by atoms with van der Waals surface area (Å²) in [5.74, 6) is 0.816. The Labute approximate surface area is 328 Å². The van der Waals surface area contributed by atoms with Crippen LogP contribution in [0.4, 0.5) is 5.69 Å². The number of halogens is 1. The molecule has 0 spiro atoms. The van der Waals surface area contributed by atoms with Gasteiger partial charge >= 0.3 is 0 Å². The lowest BCUT2D eigenvalue weighted by Crippen LogP contribution is -2.27. The molecule has 6 nitrogen and oxygen atoms in total. The minimum absolute atomic E-state index is 0.151. The first-order valence-corrected chi connectivity index (χ1v) is 21.0. The molecule has 3 heterocycles. The number of anilines is 1. The third-order valence-corrected chi connectivity index (χ3v) is 11.2. The van der Waals surface area contributed by atoms with E-state index < -0.39 is 0 Å². The van der Waals surface area contributed by atoms with Crippen LogP contribution in [0.3, 0.4) is 0 Å². The summed E-state index contributed by atoms with van der Waals surface area (Å²) in [4.78, 5) is 2.54. The number of fused-ring (bicyclic) bond motifs is 4. The minimum atomic E-state index is -0.151. The van der Waals surface area contributed by atoms with Crippen molar-refractivity contribution in [3.8, 4) is 11.3 Å². The van der Waals surface area contributed by atoms with E-state index in [0.29, 0.717) is 18.1 Å². The van der Waals surface area contributed by atoms with Gasteiger partial charge in [0, 0.05) is 52.2 Å². The van der Waals surface area contributed by atoms with Gasteiger partial charge in [0.1, 0.15) is 5.69 Å². The van der Waals surface area contributed by atoms with E-state index in [1.807, 2.05) is 28.8 Å². The van der Waals surface area contributed by atoms with Crippen LogP contribution < -0.4 is 10.1 Å². The molecule has 6 rings (SSSR count). The minimum Gasteiger partial charge on any atom is -0.381 e. The predicted molar refractivity (Wildman–Crippen MR) is 228 cm³/mol. The first-order chi connectivity index (χ1) is 26.3. The second-order valence-corrected chi connectivity index (χ2v) is 16.0. The van der Waals surface area contributed by atoms with Gasteiger partial charge in [-0.25, -0.2) is 0 Å². The fourth-order valence-electron chi connectivity index (χ4n) is 7.99. The number of aromatic nitrogens is 4. The Morgan fingerprint density at radius 2 is 1.50 bits per heavy atom. The second kappa shape index (κ2) is 19.0. The van der Waals surface area contributed by atoms with Crippen molar-refractivity contribution in [2.75, 3.05) is 24.7 Å². The molecule has 1 aliphatic rings. The number of nitrogens with zero attached hydrogens (tertiary/aromatic N) is 5. The number of hydrogen-bond donors (Lipinski definition) is 0. The molecule has 0 aliphatic carbocycles. The first-order valence-electron chi connectivity index (χ1n) is 20.6. The molecule has 0 unspecified atom stereocenters. The molecule has 0 saturated carbocycles. The molecule has 0 atom stereocenters. The summed E-state index contributed by atoms with van der Waals surface area (Å²) >= 11 is 6.30. The summed E-state index contributed by atoms with van der Waals surface area (Å²) < 4.78 is 7.96. The normalized spacial score (nSPS) is 15.4. The fourth-order valence-corrected chi connectivity index (χ4v) is 8.12. The Morgan fingerprint density at radius 3 is 2.24 bits per heavy atom. The van der Waals surface area contributed by atoms with Gasteiger partial charge in [0.2, 0.25) is 0 Å². The highest BCUT2D eigenvalue weighted by Crippen LogP contribution is 2.50. The molecule has 1 aliphatic heterocycles. The summed E-state index contributed by atoms with van der Waals surface area (Å²) in [7, 11) is 0. The molecule has 0 N–H and O–H groups in total. The van der Waals surface area contributed by atoms with E-state index in [0.717, 1.165) is 65.9 Å². The fraction of sp³-hybridized carbons (Fsp3) is 0.468. The average molecular weight is 746 g/mol. The SMILES string of the molecule is CCCCCCCCCCCCOCCc1nnc2c(=CC(C)=CC=C3N(CCCC)c4ccc5ccccc5c4C3(C)C)c(-c3ccc(Cl)cc3)nn12. The van der Waals surface area contributed by atoms with Crippen molar-refractivity contribution >= 4 is 39.8 Å². The third kappa shape index (κ3) is 9.26. The molecule has 54 heavy (non-hydrogen) atoms. The maximum atomic E-state index is 6.30. The van der Waals surface area contributed by atoms with Crippen LogP contribution in [-0.2, 0) is 16.6 Å². The second-order valence-electron chi connectivity index (χ2n) is 15.6. The monoisotopic (exact) mass is 745 g/mol. The lowest BCUT2D eigenvalue weighted by Gasteiger charge is -2.27. The van der Waals surface area contributed by atoms with Crippen LogP contribution in [0.15, 0.2) is 84.1 Å². The van der Waals surface area contributed by atoms with Gasteiger partial charge in [-0.05, 0) is 66.5 Å². The number of unbranched alkanes of at least 4 members (excludes halogenated alkanes) is 10. The zero-order valence-electron chi connectivity index (χ0n) is 33.3. The lowest BCUT2D eigenvalue weighted by molar-refractivity contribution is 0.131. The Morgan fingerprint density at radius 1 is 0.796 bits per heavy atom. The molecule has 0 amide bonds. The van der Waals surface area contributed by atoms with Crippen molar-refractivity contribution in [2.45, 2.75) is 124 Å². The highest BCUT2D eigenvalue weighted by molar-refractivity contribution is 6.30. The van der Waals surface area contributed by atoms with Crippen LogP contribution in [0.2, 0.25) is 5.02 Å². The van der Waals surface area contributed by atoms with E-state index in [-0.39, 0.29) is 5.41 Å². The molecule has 7 heteroatoms. The molecule has 0 fully saturated rings. The van der Waals surface area contributed by atoms with Crippen molar-refractivity contribution in [1.82, 2.24) is 19.8 Å². The van der Waals surface area contributed by atoms with E-state index in [1.54, 1.807) is 0 Å². The van der Waals surface area contributed by atoms with E-state index in [1.165, 1.54) is 85.5 Å². The van der Waals surface area contributed by atoms with Crippen molar-refractivity contribution in [3.05, 3.63) is 106 Å². The molecule has 2 aromatic heterocycles. The van der Waals surface area contributed by atoms with E-state index >= 15 is 0 Å². The van der Waals surface area contributed by atoms with Crippen LogP contribution >= 0.6 is 11.6 Å². The molecular weight excluding hydrogens is 686 g/mol. The van der Waals surface area contributed by atoms with Crippen LogP contribution in [0.5, 0.6) is 0 Å². The summed E-state index contributed by atoms with van der Waals surface area (Å²) in [6, 6.07) is 21.3. The average Bonchev–Trinajstić information content (AvgIpc) is 3.80. The van der Waals surface area contributed by atoms with Crippen LogP contribution in [-0.4, -0.2) is 39.6 Å². The van der Waals surface area contributed by atoms with Crippen LogP contribution in [0.25, 0.3) is 33.8 Å². The van der Waals surface area contributed by atoms with Gasteiger partial charge in [0.15, 0.2) is 11.5 Å². The molecule has 286 valence electrons. The quantitative estimate of drug-likeness (QED) is 0.0743. The van der Waals surface area contributed by atoms with Gasteiger partial charge in [-0.15, -0.1) is 10.2 Å². The molecule has 0 bridgehead atoms. The number of hydrogen-bond acceptors (Lipinski definition) is 5. The van der Waals surface area contributed by atoms with Gasteiger partial charge < -0.3 is 9.64 Å². The Hall–Kier alpha value is -4.00. The van der Waals surface area contributed by atoms with Crippen molar-refractivity contribution < 1.29 is 4.74 Å². The topological polar surface area (TPSA) is 55.6 Å². The maximum Gasteiger partial charge on any atom is 0.187 e. The Balaban J connectivity index is 1.20. The smallest absolute Gasteiger partial charge is 0.187 e. The lowest BCUT2D eigenvalue weighted by atomic mass is 9.81. The number of benzene rings is 3. The molecule has 0 saturated heterocycles. The molecule has 0 radical (unpaired) electrons. The third-order valence-electron chi connectivity index (χ3n) is 11.0. The highest BCUT2D eigenvalue weighted by atomic mass is 35.5. The Bertz CT molecular complexity index is 2090. The number of rotatable bonds is 20. The zero-order valence-corrected chi connectivity index (χ0v) is 34.1. The Kier molecular flexibility index (Phi) is 14.0. The van der Waals surface area contributed by atoms with Crippen molar-refractivity contribution in [1.29, 1.82) is 0 Å². The summed E-state index contributed by atoms with van der Waals surface area (Å²) in [6.07, 6.45) is 22.9. The zero-order chi connectivity index (χ0) is 37.9. The van der Waals surface area contributed by atoms with Gasteiger partial charge in [0.05, 0.1) is 6.61 Å². The summed E-state index contributed by atoms with van der Waals surface area (Å²) in [5, 5.41) is 18.6. The highest BCUT2D eigenvalue weighted by Gasteiger charge is 2.40. The van der Waals surface area contributed by atoms with Gasteiger partial charge in [-0.3, -0.25) is 0 Å². The van der Waals surface area contributed by atoms with E-state index in [9.17, 15) is 0 Å². The first kappa shape index (κ1) is 39.7. The van der Waals surface area contributed by atoms with Crippen molar-refractivity contribution in [2.24, 2.45) is 0 Å². The molecule has 5 aromatic rings. The van der Waals surface area contributed by atoms with E-state index in [4.69, 9.17) is 21.4 Å². The standard InChI is InChI=1S/C47H60ClN5O/c1-6-8-10-11-12-13-14-15-16-19-32-54-33-30-43-49-50-46-40(45(51-53(43)46)37-23-26-38(48)27-24-37)34-35(3)22-29-42-47(4,5)44-39-21-18-17-20-36(39)25-28-41(44)52(42)31-9-7-2/h17-18,20-29,34H,6-16,19,30-33H2,1-5H3. The number of ether oxygens (including phenoxy) is 1. The van der Waals surface area contributed by atoms with Crippen LogP contribution in [0, 0.1) is 0 Å². The van der Waals surface area contributed by atoms with Gasteiger partial charge in [-0.1, -0.05) is 158 Å². The maximum absolute atomic E-state index is 6.30. The van der Waals surface area contributed by atoms with Crippen LogP contribution in [0.1, 0.15) is 123 Å². The van der Waals surface area contributed by atoms with Gasteiger partial charge in [-0.2, -0.15) is 9.61 Å². The molecular formula is C47H60ClN5O. The summed E-state index contributed by atoms with van der Waals surface area (Å²) in [5.41, 5.74) is 7.64. The largest absolute Gasteiger partial charge is 0.381 e. The van der Waals surface area contributed by atoms with E-state index in [2.05, 4.69) is 104 Å². The van der Waals surface area contributed by atoms with Crippen molar-refractivity contribution in [3.63, 3.8) is 0 Å². The van der Waals surface area contributed by atoms with Gasteiger partial charge in [0.25, 0.3) is 0 Å². The number of allylic oxidation sites excluding steroid dienone is 4. The predicted octanol–water partition coefficient (Wildman–Crippen LogP) is 12.0. The summed E-state index contributed by atoms with van der Waals surface area (Å²) in [6.45, 7) is 13.8. The molecule has 3 aromatic carbocycles.